The zero-order valence-corrected chi connectivity index (χ0v) is 15.8. The molecule has 0 unspecified atom stereocenters. The third kappa shape index (κ3) is 2.94. The SMILES string of the molecule is CCN(CC)c1c(C2CCCCC2)n(S(C)(=O)=O)c2ccccc12. The number of fused-ring (bicyclic) bond motifs is 1. The number of rotatable bonds is 5. The first-order valence-corrected chi connectivity index (χ1v) is 10.9. The van der Waals surface area contributed by atoms with Crippen molar-refractivity contribution in [3.8, 4) is 0 Å². The molecule has 2 aromatic rings. The maximum atomic E-state index is 12.7. The van der Waals surface area contributed by atoms with E-state index in [0.29, 0.717) is 5.92 Å². The first-order valence-electron chi connectivity index (χ1n) is 9.07. The lowest BCUT2D eigenvalue weighted by Crippen LogP contribution is -2.25. The maximum absolute atomic E-state index is 12.7. The number of benzene rings is 1. The van der Waals surface area contributed by atoms with E-state index < -0.39 is 10.0 Å². The molecule has 0 spiro atoms. The molecule has 1 heterocycles. The highest BCUT2D eigenvalue weighted by Gasteiger charge is 2.30. The monoisotopic (exact) mass is 348 g/mol. The fourth-order valence-corrected chi connectivity index (χ4v) is 5.29. The van der Waals surface area contributed by atoms with Gasteiger partial charge in [-0.1, -0.05) is 37.5 Å². The Labute approximate surface area is 145 Å². The molecule has 0 aliphatic heterocycles. The van der Waals surface area contributed by atoms with E-state index in [-0.39, 0.29) is 0 Å². The minimum absolute atomic E-state index is 0.330. The Kier molecular flexibility index (Phi) is 4.90. The molecule has 3 rings (SSSR count). The molecule has 0 atom stereocenters. The quantitative estimate of drug-likeness (QED) is 0.807. The molecule has 132 valence electrons. The summed E-state index contributed by atoms with van der Waals surface area (Å²) in [5.41, 5.74) is 2.97. The fourth-order valence-electron chi connectivity index (χ4n) is 4.18. The summed E-state index contributed by atoms with van der Waals surface area (Å²) in [4.78, 5) is 2.31. The third-order valence-electron chi connectivity index (χ3n) is 5.24. The first-order chi connectivity index (χ1) is 11.5. The van der Waals surface area contributed by atoms with Gasteiger partial charge in [0.25, 0.3) is 0 Å². The van der Waals surface area contributed by atoms with E-state index in [1.54, 1.807) is 3.97 Å². The van der Waals surface area contributed by atoms with E-state index in [2.05, 4.69) is 24.8 Å². The Balaban J connectivity index is 2.37. The van der Waals surface area contributed by atoms with Crippen molar-refractivity contribution in [3.63, 3.8) is 0 Å². The van der Waals surface area contributed by atoms with Crippen LogP contribution in [0.4, 0.5) is 5.69 Å². The number of para-hydroxylation sites is 1. The molecule has 1 aromatic carbocycles. The van der Waals surface area contributed by atoms with Crippen molar-refractivity contribution in [2.75, 3.05) is 24.2 Å². The van der Waals surface area contributed by atoms with Crippen molar-refractivity contribution in [2.24, 2.45) is 0 Å². The molecule has 0 N–H and O–H groups in total. The Bertz CT molecular complexity index is 813. The van der Waals surface area contributed by atoms with Crippen LogP contribution in [-0.2, 0) is 10.0 Å². The van der Waals surface area contributed by atoms with E-state index in [0.717, 1.165) is 48.2 Å². The lowest BCUT2D eigenvalue weighted by molar-refractivity contribution is 0.434. The molecule has 1 saturated carbocycles. The van der Waals surface area contributed by atoms with Gasteiger partial charge in [-0.2, -0.15) is 0 Å². The van der Waals surface area contributed by atoms with Gasteiger partial charge in [0.2, 0.25) is 10.0 Å². The summed E-state index contributed by atoms with van der Waals surface area (Å²) in [5, 5.41) is 1.06. The smallest absolute Gasteiger partial charge is 0.236 e. The number of hydrogen-bond donors (Lipinski definition) is 0. The number of aromatic nitrogens is 1. The van der Waals surface area contributed by atoms with Gasteiger partial charge in [-0.05, 0) is 32.8 Å². The Hall–Kier alpha value is -1.49. The van der Waals surface area contributed by atoms with E-state index in [1.807, 2.05) is 18.2 Å². The molecular formula is C19H28N2O2S. The molecule has 5 heteroatoms. The van der Waals surface area contributed by atoms with E-state index in [1.165, 1.54) is 25.5 Å². The Morgan fingerprint density at radius 2 is 1.71 bits per heavy atom. The third-order valence-corrected chi connectivity index (χ3v) is 6.30. The molecule has 0 amide bonds. The lowest BCUT2D eigenvalue weighted by atomic mass is 9.86. The predicted molar refractivity (Wildman–Crippen MR) is 102 cm³/mol. The minimum atomic E-state index is -3.35. The average molecular weight is 349 g/mol. The highest BCUT2D eigenvalue weighted by atomic mass is 32.2. The number of hydrogen-bond acceptors (Lipinski definition) is 3. The molecule has 24 heavy (non-hydrogen) atoms. The van der Waals surface area contributed by atoms with E-state index >= 15 is 0 Å². The zero-order valence-electron chi connectivity index (χ0n) is 15.0. The number of nitrogens with zero attached hydrogens (tertiary/aromatic N) is 2. The van der Waals surface area contributed by atoms with Crippen LogP contribution in [0.5, 0.6) is 0 Å². The summed E-state index contributed by atoms with van der Waals surface area (Å²) in [6.07, 6.45) is 7.13. The molecule has 1 aliphatic carbocycles. The summed E-state index contributed by atoms with van der Waals surface area (Å²) in [6.45, 7) is 6.05. The van der Waals surface area contributed by atoms with Crippen molar-refractivity contribution < 1.29 is 8.42 Å². The van der Waals surface area contributed by atoms with Crippen LogP contribution in [0.3, 0.4) is 0 Å². The summed E-state index contributed by atoms with van der Waals surface area (Å²) in [5.74, 6) is 0.330. The highest BCUT2D eigenvalue weighted by molar-refractivity contribution is 7.89. The van der Waals surface area contributed by atoms with Gasteiger partial charge in [0.15, 0.2) is 0 Å². The van der Waals surface area contributed by atoms with Gasteiger partial charge in [0, 0.05) is 24.4 Å². The van der Waals surface area contributed by atoms with Crippen molar-refractivity contribution in [1.29, 1.82) is 0 Å². The van der Waals surface area contributed by atoms with Gasteiger partial charge in [-0.25, -0.2) is 12.4 Å². The molecule has 1 aromatic heterocycles. The van der Waals surface area contributed by atoms with Crippen LogP contribution >= 0.6 is 0 Å². The number of anilines is 1. The Morgan fingerprint density at radius 3 is 2.29 bits per heavy atom. The van der Waals surface area contributed by atoms with Crippen LogP contribution in [-0.4, -0.2) is 31.7 Å². The van der Waals surface area contributed by atoms with Gasteiger partial charge < -0.3 is 4.90 Å². The van der Waals surface area contributed by atoms with Crippen LogP contribution in [0.1, 0.15) is 57.6 Å². The second-order valence-electron chi connectivity index (χ2n) is 6.79. The largest absolute Gasteiger partial charge is 0.370 e. The predicted octanol–water partition coefficient (Wildman–Crippen LogP) is 4.34. The van der Waals surface area contributed by atoms with Crippen LogP contribution in [0, 0.1) is 0 Å². The van der Waals surface area contributed by atoms with Crippen molar-refractivity contribution >= 4 is 26.6 Å². The second-order valence-corrected chi connectivity index (χ2v) is 8.62. The summed E-state index contributed by atoms with van der Waals surface area (Å²) < 4.78 is 27.0. The molecule has 4 nitrogen and oxygen atoms in total. The fraction of sp³-hybridized carbons (Fsp3) is 0.579. The summed E-state index contributed by atoms with van der Waals surface area (Å²) in [6, 6.07) is 7.94. The van der Waals surface area contributed by atoms with E-state index in [4.69, 9.17) is 0 Å². The van der Waals surface area contributed by atoms with E-state index in [9.17, 15) is 8.42 Å². The van der Waals surface area contributed by atoms with Gasteiger partial charge in [0.1, 0.15) is 0 Å². The Morgan fingerprint density at radius 1 is 1.08 bits per heavy atom. The van der Waals surface area contributed by atoms with Crippen molar-refractivity contribution in [1.82, 2.24) is 3.97 Å². The first kappa shape index (κ1) is 17.3. The molecular weight excluding hydrogens is 320 g/mol. The highest BCUT2D eigenvalue weighted by Crippen LogP contribution is 2.44. The molecule has 0 saturated heterocycles. The minimum Gasteiger partial charge on any atom is -0.370 e. The molecule has 1 fully saturated rings. The van der Waals surface area contributed by atoms with Crippen LogP contribution in [0.2, 0.25) is 0 Å². The van der Waals surface area contributed by atoms with Gasteiger partial charge in [-0.3, -0.25) is 0 Å². The zero-order chi connectivity index (χ0) is 17.3. The van der Waals surface area contributed by atoms with Crippen LogP contribution in [0.25, 0.3) is 10.9 Å². The maximum Gasteiger partial charge on any atom is 0.236 e. The molecule has 0 bridgehead atoms. The molecule has 0 radical (unpaired) electrons. The topological polar surface area (TPSA) is 42.3 Å². The van der Waals surface area contributed by atoms with Crippen LogP contribution in [0.15, 0.2) is 24.3 Å². The van der Waals surface area contributed by atoms with Crippen molar-refractivity contribution in [3.05, 3.63) is 30.0 Å². The lowest BCUT2D eigenvalue weighted by Gasteiger charge is -2.28. The second kappa shape index (κ2) is 6.79. The normalized spacial score (nSPS) is 16.6. The van der Waals surface area contributed by atoms with Gasteiger partial charge in [0.05, 0.1) is 23.2 Å². The summed E-state index contributed by atoms with van der Waals surface area (Å²) >= 11 is 0. The van der Waals surface area contributed by atoms with Crippen LogP contribution < -0.4 is 4.90 Å². The van der Waals surface area contributed by atoms with Gasteiger partial charge >= 0.3 is 0 Å². The molecule has 1 aliphatic rings. The van der Waals surface area contributed by atoms with Crippen molar-refractivity contribution in [2.45, 2.75) is 51.9 Å². The summed E-state index contributed by atoms with van der Waals surface area (Å²) in [7, 11) is -3.35. The standard InChI is InChI=1S/C19H28N2O2S/c1-4-20(5-2)19-16-13-9-10-14-17(16)21(24(3,22)23)18(19)15-11-7-6-8-12-15/h9-10,13-15H,4-8,11-12H2,1-3H3. The average Bonchev–Trinajstić information content (AvgIpc) is 2.92. The van der Waals surface area contributed by atoms with Gasteiger partial charge in [-0.15, -0.1) is 0 Å².